The summed E-state index contributed by atoms with van der Waals surface area (Å²) in [7, 11) is 0. The first-order valence-corrected chi connectivity index (χ1v) is 7.10. The number of hydrogen-bond acceptors (Lipinski definition) is 3. The second-order valence-electron chi connectivity index (χ2n) is 4.81. The van der Waals surface area contributed by atoms with Crippen molar-refractivity contribution in [2.24, 2.45) is 0 Å². The summed E-state index contributed by atoms with van der Waals surface area (Å²) in [6, 6.07) is 10.7. The normalized spacial score (nSPS) is 30.6. The van der Waals surface area contributed by atoms with E-state index in [1.165, 1.54) is 5.56 Å². The first kappa shape index (κ1) is 11.0. The molecule has 0 saturated carbocycles. The van der Waals surface area contributed by atoms with Crippen LogP contribution in [-0.2, 0) is 6.42 Å². The van der Waals surface area contributed by atoms with E-state index in [-0.39, 0.29) is 10.9 Å². The molecule has 2 aliphatic heterocycles. The van der Waals surface area contributed by atoms with Crippen LogP contribution in [0.5, 0.6) is 5.75 Å². The number of fused-ring (bicyclic) bond motifs is 1. The minimum atomic E-state index is -0.188. The molecule has 3 rings (SSSR count). The summed E-state index contributed by atoms with van der Waals surface area (Å²) in [5, 5.41) is 9.37. The third-order valence-corrected chi connectivity index (χ3v) is 5.09. The van der Waals surface area contributed by atoms with Gasteiger partial charge in [-0.2, -0.15) is 5.26 Å². The Balaban J connectivity index is 1.71. The van der Waals surface area contributed by atoms with E-state index in [9.17, 15) is 5.26 Å². The van der Waals surface area contributed by atoms with E-state index in [0.717, 1.165) is 37.2 Å². The van der Waals surface area contributed by atoms with Crippen LogP contribution >= 0.6 is 11.8 Å². The first-order chi connectivity index (χ1) is 8.31. The highest BCUT2D eigenvalue weighted by Gasteiger charge is 2.39. The van der Waals surface area contributed by atoms with Crippen LogP contribution in [0.1, 0.15) is 24.8 Å². The highest BCUT2D eigenvalue weighted by atomic mass is 32.2. The van der Waals surface area contributed by atoms with Gasteiger partial charge in [-0.15, -0.1) is 11.8 Å². The predicted molar refractivity (Wildman–Crippen MR) is 69.2 cm³/mol. The van der Waals surface area contributed by atoms with Crippen molar-refractivity contribution in [3.63, 3.8) is 0 Å². The molecule has 0 amide bonds. The predicted octanol–water partition coefficient (Wildman–Crippen LogP) is 3.17. The van der Waals surface area contributed by atoms with Gasteiger partial charge in [0, 0.05) is 12.8 Å². The lowest BCUT2D eigenvalue weighted by Crippen LogP contribution is -2.28. The van der Waals surface area contributed by atoms with Crippen molar-refractivity contribution in [1.29, 1.82) is 5.26 Å². The van der Waals surface area contributed by atoms with E-state index in [1.807, 2.05) is 23.9 Å². The Morgan fingerprint density at radius 1 is 1.47 bits per heavy atom. The van der Waals surface area contributed by atoms with Gasteiger partial charge in [0.05, 0.1) is 6.07 Å². The van der Waals surface area contributed by atoms with Crippen LogP contribution in [0.4, 0.5) is 0 Å². The van der Waals surface area contributed by atoms with Gasteiger partial charge in [-0.05, 0) is 30.2 Å². The molecule has 0 N–H and O–H groups in total. The number of benzene rings is 1. The first-order valence-electron chi connectivity index (χ1n) is 6.11. The zero-order valence-electron chi connectivity index (χ0n) is 9.69. The zero-order chi connectivity index (χ0) is 11.7. The maximum absolute atomic E-state index is 9.37. The molecule has 2 nitrogen and oxygen atoms in total. The van der Waals surface area contributed by atoms with Crippen LogP contribution in [0.3, 0.4) is 0 Å². The molecule has 0 radical (unpaired) electrons. The van der Waals surface area contributed by atoms with Gasteiger partial charge in [-0.25, -0.2) is 0 Å². The summed E-state index contributed by atoms with van der Waals surface area (Å²) in [4.78, 5) is 0. The Bertz CT molecular complexity index is 435. The van der Waals surface area contributed by atoms with Crippen molar-refractivity contribution in [2.45, 2.75) is 36.5 Å². The lowest BCUT2D eigenvalue weighted by Gasteiger charge is -2.22. The monoisotopic (exact) mass is 245 g/mol. The van der Waals surface area contributed by atoms with Gasteiger partial charge in [0.2, 0.25) is 0 Å². The number of nitrogens with zero attached hydrogens (tertiary/aromatic N) is 1. The van der Waals surface area contributed by atoms with Gasteiger partial charge in [-0.1, -0.05) is 18.2 Å². The number of thioether (sulfide) groups is 1. The van der Waals surface area contributed by atoms with Crippen LogP contribution in [-0.4, -0.2) is 16.6 Å². The summed E-state index contributed by atoms with van der Waals surface area (Å²) in [6.07, 6.45) is 4.20. The Labute approximate surface area is 106 Å². The summed E-state index contributed by atoms with van der Waals surface area (Å²) in [5.41, 5.74) is 1.29. The molecule has 2 heterocycles. The quantitative estimate of drug-likeness (QED) is 0.802. The van der Waals surface area contributed by atoms with Gasteiger partial charge in [0.15, 0.2) is 0 Å². The van der Waals surface area contributed by atoms with Crippen molar-refractivity contribution < 1.29 is 4.74 Å². The van der Waals surface area contributed by atoms with Gasteiger partial charge in [0.25, 0.3) is 0 Å². The maximum Gasteiger partial charge on any atom is 0.123 e. The van der Waals surface area contributed by atoms with Gasteiger partial charge >= 0.3 is 0 Å². The minimum Gasteiger partial charge on any atom is -0.490 e. The molecule has 0 spiro atoms. The lowest BCUT2D eigenvalue weighted by molar-refractivity contribution is 0.211. The molecule has 0 bridgehead atoms. The summed E-state index contributed by atoms with van der Waals surface area (Å²) in [6.45, 7) is 0. The Kier molecular flexibility index (Phi) is 2.76. The number of nitriles is 1. The average molecular weight is 245 g/mol. The van der Waals surface area contributed by atoms with Crippen molar-refractivity contribution >= 4 is 11.8 Å². The standard InChI is InChI=1S/C14H15NOS/c15-10-14(6-3-7-17-14)9-12-8-11-4-1-2-5-13(11)16-12/h1-2,4-5,12H,3,6-9H2. The third kappa shape index (κ3) is 2.02. The summed E-state index contributed by atoms with van der Waals surface area (Å²) >= 11 is 1.81. The van der Waals surface area contributed by atoms with Gasteiger partial charge in [-0.3, -0.25) is 0 Å². The molecule has 1 saturated heterocycles. The SMILES string of the molecule is N#CC1(CC2Cc3ccccc3O2)CCCS1. The van der Waals surface area contributed by atoms with E-state index in [2.05, 4.69) is 18.2 Å². The molecule has 2 aliphatic rings. The van der Waals surface area contributed by atoms with Crippen LogP contribution in [0.2, 0.25) is 0 Å². The number of para-hydroxylation sites is 1. The highest BCUT2D eigenvalue weighted by Crippen LogP contribution is 2.43. The summed E-state index contributed by atoms with van der Waals surface area (Å²) in [5.74, 6) is 2.13. The molecule has 1 aromatic rings. The third-order valence-electron chi connectivity index (χ3n) is 3.58. The molecular formula is C14H15NOS. The molecule has 1 aromatic carbocycles. The fourth-order valence-corrected chi connectivity index (χ4v) is 4.06. The van der Waals surface area contributed by atoms with Gasteiger partial charge < -0.3 is 4.74 Å². The number of ether oxygens (including phenoxy) is 1. The van der Waals surface area contributed by atoms with E-state index in [0.29, 0.717) is 0 Å². The fourth-order valence-electron chi connectivity index (χ4n) is 2.73. The Morgan fingerprint density at radius 3 is 3.06 bits per heavy atom. The van der Waals surface area contributed by atoms with Crippen molar-refractivity contribution in [3.05, 3.63) is 29.8 Å². The number of hydrogen-bond donors (Lipinski definition) is 0. The van der Waals surface area contributed by atoms with Crippen LogP contribution < -0.4 is 4.74 Å². The molecule has 2 unspecified atom stereocenters. The van der Waals surface area contributed by atoms with E-state index < -0.39 is 0 Å². The molecule has 1 fully saturated rings. The molecule has 88 valence electrons. The van der Waals surface area contributed by atoms with Gasteiger partial charge in [0.1, 0.15) is 16.6 Å². The maximum atomic E-state index is 9.37. The molecular weight excluding hydrogens is 230 g/mol. The van der Waals surface area contributed by atoms with Crippen LogP contribution in [0.15, 0.2) is 24.3 Å². The minimum absolute atomic E-state index is 0.188. The van der Waals surface area contributed by atoms with Crippen LogP contribution in [0.25, 0.3) is 0 Å². The second kappa shape index (κ2) is 4.27. The second-order valence-corrected chi connectivity index (χ2v) is 6.29. The van der Waals surface area contributed by atoms with Crippen LogP contribution in [0, 0.1) is 11.3 Å². The molecule has 0 aromatic heterocycles. The molecule has 3 heteroatoms. The van der Waals surface area contributed by atoms with E-state index in [4.69, 9.17) is 4.74 Å². The van der Waals surface area contributed by atoms with Crippen molar-refractivity contribution in [2.75, 3.05) is 5.75 Å². The Hall–Kier alpha value is -1.14. The largest absolute Gasteiger partial charge is 0.490 e. The average Bonchev–Trinajstić information content (AvgIpc) is 2.95. The molecule has 2 atom stereocenters. The van der Waals surface area contributed by atoms with Crippen molar-refractivity contribution in [3.8, 4) is 11.8 Å². The molecule has 0 aliphatic carbocycles. The van der Waals surface area contributed by atoms with E-state index in [1.54, 1.807) is 0 Å². The topological polar surface area (TPSA) is 33.0 Å². The number of rotatable bonds is 2. The van der Waals surface area contributed by atoms with E-state index >= 15 is 0 Å². The highest BCUT2D eigenvalue weighted by molar-refractivity contribution is 8.01. The zero-order valence-corrected chi connectivity index (χ0v) is 10.5. The lowest BCUT2D eigenvalue weighted by atomic mass is 9.95. The summed E-state index contributed by atoms with van der Waals surface area (Å²) < 4.78 is 5.74. The Morgan fingerprint density at radius 2 is 2.35 bits per heavy atom. The molecule has 17 heavy (non-hydrogen) atoms. The van der Waals surface area contributed by atoms with Crippen molar-refractivity contribution in [1.82, 2.24) is 0 Å². The smallest absolute Gasteiger partial charge is 0.123 e. The fraction of sp³-hybridized carbons (Fsp3) is 0.500.